The average molecular weight is 352 g/mol. The number of hydrogen-bond acceptors (Lipinski definition) is 4. The molecule has 1 rings (SSSR count). The van der Waals surface area contributed by atoms with Crippen LogP contribution in [0.4, 0.5) is 0 Å². The van der Waals surface area contributed by atoms with E-state index in [0.29, 0.717) is 17.1 Å². The summed E-state index contributed by atoms with van der Waals surface area (Å²) in [7, 11) is 3.08. The zero-order chi connectivity index (χ0) is 19.2. The molecular weight excluding hydrogens is 324 g/mol. The number of ether oxygens (including phenoxy) is 2. The molecule has 0 aliphatic carbocycles. The summed E-state index contributed by atoms with van der Waals surface area (Å²) in [5.41, 5.74) is 0.695. The van der Waals surface area contributed by atoms with Gasteiger partial charge in [-0.15, -0.1) is 0 Å². The van der Waals surface area contributed by atoms with Gasteiger partial charge >= 0.3 is 11.9 Å². The predicted octanol–water partition coefficient (Wildman–Crippen LogP) is 4.09. The maximum absolute atomic E-state index is 10.4. The van der Waals surface area contributed by atoms with Crippen molar-refractivity contribution < 1.29 is 29.3 Å². The number of methoxy groups -OCH3 is 2. The van der Waals surface area contributed by atoms with E-state index in [1.165, 1.54) is 13.2 Å². The van der Waals surface area contributed by atoms with Crippen LogP contribution in [0.1, 0.15) is 45.1 Å². The molecule has 140 valence electrons. The molecule has 0 spiro atoms. The lowest BCUT2D eigenvalue weighted by Crippen LogP contribution is -2.11. The molecule has 1 unspecified atom stereocenters. The third kappa shape index (κ3) is 9.39. The molecule has 1 atom stereocenters. The first kappa shape index (κ1) is 22.5. The van der Waals surface area contributed by atoms with Crippen LogP contribution in [0.2, 0.25) is 0 Å². The second kappa shape index (κ2) is 12.9. The first-order valence-corrected chi connectivity index (χ1v) is 8.25. The van der Waals surface area contributed by atoms with Gasteiger partial charge in [0.2, 0.25) is 0 Å². The second-order valence-corrected chi connectivity index (χ2v) is 5.37. The van der Waals surface area contributed by atoms with Crippen LogP contribution < -0.4 is 9.47 Å². The van der Waals surface area contributed by atoms with Gasteiger partial charge in [0.25, 0.3) is 0 Å². The number of carboxylic acid groups (broad SMARTS) is 2. The highest BCUT2D eigenvalue weighted by Crippen LogP contribution is 2.25. The van der Waals surface area contributed by atoms with Gasteiger partial charge in [-0.1, -0.05) is 26.7 Å². The molecule has 0 saturated carbocycles. The summed E-state index contributed by atoms with van der Waals surface area (Å²) in [6.07, 6.45) is 6.25. The molecule has 6 nitrogen and oxygen atoms in total. The fraction of sp³-hybridized carbons (Fsp3) is 0.474. The van der Waals surface area contributed by atoms with Gasteiger partial charge in [-0.3, -0.25) is 4.79 Å². The van der Waals surface area contributed by atoms with Gasteiger partial charge in [-0.25, -0.2) is 4.79 Å². The Kier molecular flexibility index (Phi) is 11.6. The number of unbranched alkanes of at least 4 members (excludes halogenated alkanes) is 1. The van der Waals surface area contributed by atoms with Gasteiger partial charge in [0.1, 0.15) is 11.5 Å². The second-order valence-electron chi connectivity index (χ2n) is 5.37. The van der Waals surface area contributed by atoms with Crippen LogP contribution in [0.3, 0.4) is 0 Å². The van der Waals surface area contributed by atoms with Crippen molar-refractivity contribution in [1.82, 2.24) is 0 Å². The summed E-state index contributed by atoms with van der Waals surface area (Å²) in [5.74, 6) is -0.505. The van der Waals surface area contributed by atoms with E-state index < -0.39 is 11.9 Å². The molecule has 0 bridgehead atoms. The zero-order valence-electron chi connectivity index (χ0n) is 15.3. The lowest BCUT2D eigenvalue weighted by molar-refractivity contribution is -0.142. The SMILES string of the molecule is CCCCC(CC)C(=O)O.COc1ccc(C=CC(=O)O)c(OC)c1. The van der Waals surface area contributed by atoms with Gasteiger partial charge in [-0.2, -0.15) is 0 Å². The van der Waals surface area contributed by atoms with Crippen molar-refractivity contribution in [1.29, 1.82) is 0 Å². The molecular formula is C19H28O6. The van der Waals surface area contributed by atoms with Crippen LogP contribution in [-0.2, 0) is 9.59 Å². The molecule has 0 radical (unpaired) electrons. The third-order valence-corrected chi connectivity index (χ3v) is 3.59. The minimum atomic E-state index is -0.993. The topological polar surface area (TPSA) is 93.1 Å². The molecule has 6 heteroatoms. The molecule has 0 aromatic heterocycles. The zero-order valence-corrected chi connectivity index (χ0v) is 15.3. The Bertz CT molecular complexity index is 565. The van der Waals surface area contributed by atoms with E-state index in [9.17, 15) is 9.59 Å². The Labute approximate surface area is 149 Å². The number of hydrogen-bond donors (Lipinski definition) is 2. The van der Waals surface area contributed by atoms with Gasteiger partial charge in [-0.05, 0) is 31.1 Å². The molecule has 0 heterocycles. The van der Waals surface area contributed by atoms with Crippen molar-refractivity contribution in [3.8, 4) is 11.5 Å². The van der Waals surface area contributed by atoms with Crippen LogP contribution in [0, 0.1) is 5.92 Å². The van der Waals surface area contributed by atoms with Crippen molar-refractivity contribution >= 4 is 18.0 Å². The molecule has 25 heavy (non-hydrogen) atoms. The summed E-state index contributed by atoms with van der Waals surface area (Å²) in [6, 6.07) is 5.17. The van der Waals surface area contributed by atoms with Crippen LogP contribution in [0.15, 0.2) is 24.3 Å². The van der Waals surface area contributed by atoms with Crippen molar-refractivity contribution in [2.24, 2.45) is 5.92 Å². The standard InChI is InChI=1S/C11H12O4.C8H16O2/c1-14-9-5-3-8(4-6-11(12)13)10(7-9)15-2;1-3-5-6-7(4-2)8(9)10/h3-7H,1-2H3,(H,12,13);7H,3-6H2,1-2H3,(H,9,10). The van der Waals surface area contributed by atoms with Crippen LogP contribution in [0.5, 0.6) is 11.5 Å². The quantitative estimate of drug-likeness (QED) is 0.650. The first-order valence-electron chi connectivity index (χ1n) is 8.25. The van der Waals surface area contributed by atoms with Crippen LogP contribution >= 0.6 is 0 Å². The Morgan fingerprint density at radius 1 is 1.16 bits per heavy atom. The summed E-state index contributed by atoms with van der Waals surface area (Å²) < 4.78 is 10.1. The van der Waals surface area contributed by atoms with E-state index in [-0.39, 0.29) is 5.92 Å². The highest BCUT2D eigenvalue weighted by atomic mass is 16.5. The highest BCUT2D eigenvalue weighted by molar-refractivity contribution is 5.86. The monoisotopic (exact) mass is 352 g/mol. The molecule has 0 amide bonds. The van der Waals surface area contributed by atoms with Crippen LogP contribution in [0.25, 0.3) is 6.08 Å². The molecule has 0 saturated heterocycles. The van der Waals surface area contributed by atoms with Gasteiger partial charge in [0.15, 0.2) is 0 Å². The van der Waals surface area contributed by atoms with E-state index in [2.05, 4.69) is 6.92 Å². The summed E-state index contributed by atoms with van der Waals surface area (Å²) in [4.78, 5) is 20.8. The van der Waals surface area contributed by atoms with Crippen molar-refractivity contribution in [3.05, 3.63) is 29.8 Å². The van der Waals surface area contributed by atoms with Gasteiger partial charge < -0.3 is 19.7 Å². The Morgan fingerprint density at radius 2 is 1.84 bits per heavy atom. The molecule has 1 aromatic rings. The molecule has 0 aliphatic heterocycles. The number of carbonyl (C=O) groups is 2. The maximum atomic E-state index is 10.4. The largest absolute Gasteiger partial charge is 0.497 e. The van der Waals surface area contributed by atoms with E-state index in [1.54, 1.807) is 25.3 Å². The molecule has 2 N–H and O–H groups in total. The summed E-state index contributed by atoms with van der Waals surface area (Å²) in [5, 5.41) is 17.1. The number of benzene rings is 1. The van der Waals surface area contributed by atoms with Crippen LogP contribution in [-0.4, -0.2) is 36.4 Å². The van der Waals surface area contributed by atoms with E-state index in [4.69, 9.17) is 19.7 Å². The number of carboxylic acids is 2. The minimum Gasteiger partial charge on any atom is -0.497 e. The summed E-state index contributed by atoms with van der Waals surface area (Å²) in [6.45, 7) is 4.00. The molecule has 0 fully saturated rings. The number of aliphatic carboxylic acids is 2. The Morgan fingerprint density at radius 3 is 2.28 bits per heavy atom. The molecule has 1 aromatic carbocycles. The highest BCUT2D eigenvalue weighted by Gasteiger charge is 2.12. The normalized spacial score (nSPS) is 11.4. The Hall–Kier alpha value is -2.50. The van der Waals surface area contributed by atoms with E-state index >= 15 is 0 Å². The number of rotatable bonds is 9. The predicted molar refractivity (Wildman–Crippen MR) is 97.2 cm³/mol. The van der Waals surface area contributed by atoms with Crippen molar-refractivity contribution in [2.45, 2.75) is 39.5 Å². The molecule has 0 aliphatic rings. The lowest BCUT2D eigenvalue weighted by atomic mass is 10.00. The fourth-order valence-electron chi connectivity index (χ4n) is 2.07. The minimum absolute atomic E-state index is 0.111. The van der Waals surface area contributed by atoms with Gasteiger partial charge in [0, 0.05) is 17.7 Å². The van der Waals surface area contributed by atoms with E-state index in [0.717, 1.165) is 31.8 Å². The third-order valence-electron chi connectivity index (χ3n) is 3.59. The average Bonchev–Trinajstić information content (AvgIpc) is 2.60. The summed E-state index contributed by atoms with van der Waals surface area (Å²) >= 11 is 0. The van der Waals surface area contributed by atoms with E-state index in [1.807, 2.05) is 6.92 Å². The van der Waals surface area contributed by atoms with Gasteiger partial charge in [0.05, 0.1) is 20.1 Å². The maximum Gasteiger partial charge on any atom is 0.328 e. The smallest absolute Gasteiger partial charge is 0.328 e. The van der Waals surface area contributed by atoms with Crippen molar-refractivity contribution in [3.63, 3.8) is 0 Å². The Balaban J connectivity index is 0.000000504. The fourth-order valence-corrected chi connectivity index (χ4v) is 2.07. The first-order chi connectivity index (χ1) is 11.9. The van der Waals surface area contributed by atoms with Crippen molar-refractivity contribution in [2.75, 3.05) is 14.2 Å². The lowest BCUT2D eigenvalue weighted by Gasteiger charge is -2.06.